The SMILES string of the molecule is COC(C)CN(C)C1CCCc2cc(O)ccc21. The van der Waals surface area contributed by atoms with Crippen LogP contribution in [-0.2, 0) is 11.2 Å². The number of rotatable bonds is 4. The Hall–Kier alpha value is -1.06. The molecule has 0 spiro atoms. The molecule has 1 aromatic rings. The van der Waals surface area contributed by atoms with Gasteiger partial charge in [-0.25, -0.2) is 0 Å². The van der Waals surface area contributed by atoms with Crippen LogP contribution in [-0.4, -0.2) is 36.8 Å². The molecule has 1 aliphatic rings. The lowest BCUT2D eigenvalue weighted by Crippen LogP contribution is -2.33. The molecule has 0 heterocycles. The van der Waals surface area contributed by atoms with Gasteiger partial charge >= 0.3 is 0 Å². The zero-order valence-corrected chi connectivity index (χ0v) is 11.5. The minimum atomic E-state index is 0.248. The summed E-state index contributed by atoms with van der Waals surface area (Å²) in [6, 6.07) is 6.23. The van der Waals surface area contributed by atoms with Crippen LogP contribution in [0, 0.1) is 0 Å². The van der Waals surface area contributed by atoms with E-state index in [9.17, 15) is 5.11 Å². The average Bonchev–Trinajstić information content (AvgIpc) is 2.37. The van der Waals surface area contributed by atoms with Gasteiger partial charge in [0.1, 0.15) is 5.75 Å². The predicted molar refractivity (Wildman–Crippen MR) is 72.9 cm³/mol. The zero-order valence-electron chi connectivity index (χ0n) is 11.5. The normalized spacial score (nSPS) is 20.8. The minimum absolute atomic E-state index is 0.248. The van der Waals surface area contributed by atoms with E-state index in [1.807, 2.05) is 6.07 Å². The average molecular weight is 249 g/mol. The van der Waals surface area contributed by atoms with Crippen molar-refractivity contribution in [1.82, 2.24) is 4.90 Å². The van der Waals surface area contributed by atoms with Crippen LogP contribution >= 0.6 is 0 Å². The van der Waals surface area contributed by atoms with Gasteiger partial charge in [-0.3, -0.25) is 4.90 Å². The molecule has 3 nitrogen and oxygen atoms in total. The van der Waals surface area contributed by atoms with Crippen molar-refractivity contribution in [2.24, 2.45) is 0 Å². The molecule has 0 bridgehead atoms. The Balaban J connectivity index is 2.16. The summed E-state index contributed by atoms with van der Waals surface area (Å²) in [5.74, 6) is 0.377. The fourth-order valence-corrected chi connectivity index (χ4v) is 2.84. The Morgan fingerprint density at radius 2 is 2.28 bits per heavy atom. The van der Waals surface area contributed by atoms with Gasteiger partial charge in [0.15, 0.2) is 0 Å². The summed E-state index contributed by atoms with van der Waals surface area (Å²) in [4.78, 5) is 2.36. The molecule has 0 aromatic heterocycles. The molecular formula is C15H23NO2. The van der Waals surface area contributed by atoms with Crippen LogP contribution < -0.4 is 0 Å². The maximum absolute atomic E-state index is 9.56. The number of benzene rings is 1. The van der Waals surface area contributed by atoms with Crippen molar-refractivity contribution >= 4 is 0 Å². The lowest BCUT2D eigenvalue weighted by atomic mass is 9.86. The number of hydrogen-bond donors (Lipinski definition) is 1. The summed E-state index contributed by atoms with van der Waals surface area (Å²) in [6.45, 7) is 3.03. The van der Waals surface area contributed by atoms with Crippen LogP contribution in [0.25, 0.3) is 0 Å². The second-order valence-electron chi connectivity index (χ2n) is 5.28. The van der Waals surface area contributed by atoms with Crippen molar-refractivity contribution in [2.45, 2.75) is 38.3 Å². The van der Waals surface area contributed by atoms with Gasteiger partial charge in [-0.1, -0.05) is 6.07 Å². The third-order valence-corrected chi connectivity index (χ3v) is 3.89. The van der Waals surface area contributed by atoms with Gasteiger partial charge in [-0.15, -0.1) is 0 Å². The maximum Gasteiger partial charge on any atom is 0.115 e. The van der Waals surface area contributed by atoms with E-state index >= 15 is 0 Å². The topological polar surface area (TPSA) is 32.7 Å². The second kappa shape index (κ2) is 5.72. The summed E-state index contributed by atoms with van der Waals surface area (Å²) in [5, 5.41) is 9.56. The first-order valence-electron chi connectivity index (χ1n) is 6.66. The highest BCUT2D eigenvalue weighted by Crippen LogP contribution is 2.35. The Kier molecular flexibility index (Phi) is 4.25. The molecule has 0 amide bonds. The van der Waals surface area contributed by atoms with Crippen LogP contribution in [0.5, 0.6) is 5.75 Å². The van der Waals surface area contributed by atoms with Crippen molar-refractivity contribution < 1.29 is 9.84 Å². The van der Waals surface area contributed by atoms with Crippen molar-refractivity contribution in [2.75, 3.05) is 20.7 Å². The summed E-state index contributed by atoms with van der Waals surface area (Å²) >= 11 is 0. The first kappa shape index (κ1) is 13.4. The smallest absolute Gasteiger partial charge is 0.115 e. The van der Waals surface area contributed by atoms with Gasteiger partial charge in [-0.2, -0.15) is 0 Å². The van der Waals surface area contributed by atoms with Crippen LogP contribution in [0.2, 0.25) is 0 Å². The molecule has 0 radical (unpaired) electrons. The van der Waals surface area contributed by atoms with E-state index in [-0.39, 0.29) is 6.10 Å². The highest BCUT2D eigenvalue weighted by Gasteiger charge is 2.24. The third-order valence-electron chi connectivity index (χ3n) is 3.89. The molecule has 1 aromatic carbocycles. The third kappa shape index (κ3) is 2.85. The quantitative estimate of drug-likeness (QED) is 0.890. The number of fused-ring (bicyclic) bond motifs is 1. The predicted octanol–water partition coefficient (Wildman–Crippen LogP) is 2.74. The van der Waals surface area contributed by atoms with E-state index in [0.29, 0.717) is 11.8 Å². The van der Waals surface area contributed by atoms with Gasteiger partial charge in [0, 0.05) is 19.7 Å². The number of phenols is 1. The standard InChI is InChI=1S/C15H23NO2/c1-11(18-3)10-16(2)15-6-4-5-12-9-13(17)7-8-14(12)15/h7-9,11,15,17H,4-6,10H2,1-3H3. The van der Waals surface area contributed by atoms with E-state index in [1.165, 1.54) is 24.0 Å². The van der Waals surface area contributed by atoms with Crippen LogP contribution in [0.15, 0.2) is 18.2 Å². The van der Waals surface area contributed by atoms with Gasteiger partial charge in [0.05, 0.1) is 6.10 Å². The van der Waals surface area contributed by atoms with Crippen LogP contribution in [0.1, 0.15) is 36.9 Å². The molecule has 2 unspecified atom stereocenters. The lowest BCUT2D eigenvalue weighted by Gasteiger charge is -2.34. The molecule has 0 saturated carbocycles. The Labute approximate surface area is 109 Å². The molecule has 2 rings (SSSR count). The molecule has 2 atom stereocenters. The number of ether oxygens (including phenoxy) is 1. The lowest BCUT2D eigenvalue weighted by molar-refractivity contribution is 0.0679. The maximum atomic E-state index is 9.56. The highest BCUT2D eigenvalue weighted by molar-refractivity contribution is 5.38. The highest BCUT2D eigenvalue weighted by atomic mass is 16.5. The molecule has 0 aliphatic heterocycles. The monoisotopic (exact) mass is 249 g/mol. The molecule has 0 saturated heterocycles. The van der Waals surface area contributed by atoms with Gasteiger partial charge in [0.2, 0.25) is 0 Å². The van der Waals surface area contributed by atoms with Crippen molar-refractivity contribution in [3.63, 3.8) is 0 Å². The summed E-state index contributed by atoms with van der Waals surface area (Å²) in [5.41, 5.74) is 2.66. The minimum Gasteiger partial charge on any atom is -0.508 e. The van der Waals surface area contributed by atoms with Gasteiger partial charge in [-0.05, 0) is 56.5 Å². The number of aromatic hydroxyl groups is 1. The number of aryl methyl sites for hydroxylation is 1. The molecule has 3 heteroatoms. The number of likely N-dealkylation sites (N-methyl/N-ethyl adjacent to an activating group) is 1. The number of hydrogen-bond acceptors (Lipinski definition) is 3. The van der Waals surface area contributed by atoms with Gasteiger partial charge < -0.3 is 9.84 Å². The van der Waals surface area contributed by atoms with E-state index in [0.717, 1.165) is 13.0 Å². The van der Waals surface area contributed by atoms with Crippen molar-refractivity contribution in [3.05, 3.63) is 29.3 Å². The van der Waals surface area contributed by atoms with E-state index in [2.05, 4.69) is 24.9 Å². The first-order valence-corrected chi connectivity index (χ1v) is 6.66. The second-order valence-corrected chi connectivity index (χ2v) is 5.28. The molecule has 100 valence electrons. The fourth-order valence-electron chi connectivity index (χ4n) is 2.84. The molecule has 0 fully saturated rings. The molecule has 1 aliphatic carbocycles. The first-order chi connectivity index (χ1) is 8.61. The number of phenolic OH excluding ortho intramolecular Hbond substituents is 1. The van der Waals surface area contributed by atoms with E-state index in [4.69, 9.17) is 4.74 Å². The molecular weight excluding hydrogens is 226 g/mol. The number of methoxy groups -OCH3 is 1. The summed E-state index contributed by atoms with van der Waals surface area (Å²) in [6.07, 6.45) is 3.70. The molecule has 1 N–H and O–H groups in total. The Bertz CT molecular complexity index is 405. The van der Waals surface area contributed by atoms with E-state index in [1.54, 1.807) is 13.2 Å². The number of nitrogens with zero attached hydrogens (tertiary/aromatic N) is 1. The summed E-state index contributed by atoms with van der Waals surface area (Å²) < 4.78 is 5.34. The van der Waals surface area contributed by atoms with Crippen LogP contribution in [0.3, 0.4) is 0 Å². The fraction of sp³-hybridized carbons (Fsp3) is 0.600. The molecule has 18 heavy (non-hydrogen) atoms. The largest absolute Gasteiger partial charge is 0.508 e. The summed E-state index contributed by atoms with van der Waals surface area (Å²) in [7, 11) is 3.91. The Morgan fingerprint density at radius 1 is 1.50 bits per heavy atom. The van der Waals surface area contributed by atoms with E-state index < -0.39 is 0 Å². The Morgan fingerprint density at radius 3 is 3.00 bits per heavy atom. The van der Waals surface area contributed by atoms with Crippen molar-refractivity contribution in [1.29, 1.82) is 0 Å². The zero-order chi connectivity index (χ0) is 13.1. The van der Waals surface area contributed by atoms with Crippen molar-refractivity contribution in [3.8, 4) is 5.75 Å². The van der Waals surface area contributed by atoms with Crippen LogP contribution in [0.4, 0.5) is 0 Å². The van der Waals surface area contributed by atoms with Gasteiger partial charge in [0.25, 0.3) is 0 Å².